The maximum absolute atomic E-state index is 11.5. The van der Waals surface area contributed by atoms with Gasteiger partial charge in [0.05, 0.1) is 18.7 Å². The first-order valence-corrected chi connectivity index (χ1v) is 5.80. The van der Waals surface area contributed by atoms with Gasteiger partial charge in [-0.2, -0.15) is 5.10 Å². The fraction of sp³-hybridized carbons (Fsp3) is 0.385. The molecule has 0 aliphatic carbocycles. The van der Waals surface area contributed by atoms with E-state index in [0.717, 1.165) is 30.7 Å². The predicted molar refractivity (Wildman–Crippen MR) is 64.0 cm³/mol. The lowest BCUT2D eigenvalue weighted by molar-refractivity contribution is -0.0403. The van der Waals surface area contributed by atoms with Crippen LogP contribution >= 0.6 is 0 Å². The first kappa shape index (κ1) is 10.5. The van der Waals surface area contributed by atoms with Crippen LogP contribution in [0.25, 0.3) is 10.9 Å². The third-order valence-corrected chi connectivity index (χ3v) is 3.13. The molecule has 0 atom stereocenters. The summed E-state index contributed by atoms with van der Waals surface area (Å²) in [6.07, 6.45) is 0. The molecule has 2 heterocycles. The molecule has 0 spiro atoms. The highest BCUT2D eigenvalue weighted by atomic mass is 16.5. The maximum Gasteiger partial charge on any atom is 0.180 e. The van der Waals surface area contributed by atoms with E-state index in [2.05, 4.69) is 5.10 Å². The van der Waals surface area contributed by atoms with Crippen molar-refractivity contribution < 1.29 is 9.53 Å². The molecule has 0 bridgehead atoms. The number of fused-ring (bicyclic) bond motifs is 1. The Morgan fingerprint density at radius 1 is 1.47 bits per heavy atom. The van der Waals surface area contributed by atoms with Crippen LogP contribution in [-0.2, 0) is 11.3 Å². The number of rotatable bonds is 3. The highest BCUT2D eigenvalue weighted by Crippen LogP contribution is 2.21. The number of aromatic nitrogens is 2. The molecular formula is C13H14N2O2. The van der Waals surface area contributed by atoms with Crippen LogP contribution in [0.2, 0.25) is 0 Å². The van der Waals surface area contributed by atoms with Crippen LogP contribution in [0.15, 0.2) is 24.3 Å². The maximum atomic E-state index is 11.5. The predicted octanol–water partition coefficient (Wildman–Crippen LogP) is 1.89. The highest BCUT2D eigenvalue weighted by molar-refractivity contribution is 6.04. The Morgan fingerprint density at radius 2 is 2.24 bits per heavy atom. The summed E-state index contributed by atoms with van der Waals surface area (Å²) in [5, 5.41) is 5.37. The zero-order chi connectivity index (χ0) is 11.8. The number of ether oxygens (including phenoxy) is 1. The topological polar surface area (TPSA) is 44.1 Å². The zero-order valence-electron chi connectivity index (χ0n) is 9.72. The summed E-state index contributed by atoms with van der Waals surface area (Å²) in [5.41, 5.74) is 1.60. The fourth-order valence-electron chi connectivity index (χ4n) is 2.16. The molecule has 1 aromatic carbocycles. The molecule has 0 saturated carbocycles. The molecule has 1 fully saturated rings. The molecule has 88 valence electrons. The molecule has 3 rings (SSSR count). The number of para-hydroxylation sites is 1. The van der Waals surface area contributed by atoms with Gasteiger partial charge < -0.3 is 4.74 Å². The molecule has 4 heteroatoms. The van der Waals surface area contributed by atoms with Gasteiger partial charge in [-0.25, -0.2) is 0 Å². The number of benzene rings is 1. The van der Waals surface area contributed by atoms with Crippen LogP contribution in [0.1, 0.15) is 17.4 Å². The second kappa shape index (κ2) is 3.96. The molecule has 2 aromatic rings. The van der Waals surface area contributed by atoms with E-state index < -0.39 is 0 Å². The summed E-state index contributed by atoms with van der Waals surface area (Å²) < 4.78 is 7.10. The fourth-order valence-corrected chi connectivity index (χ4v) is 2.16. The minimum absolute atomic E-state index is 0.0183. The second-order valence-electron chi connectivity index (χ2n) is 4.51. The van der Waals surface area contributed by atoms with Gasteiger partial charge in [-0.3, -0.25) is 9.48 Å². The lowest BCUT2D eigenvalue weighted by atomic mass is 10.1. The van der Waals surface area contributed by atoms with Gasteiger partial charge in [0.25, 0.3) is 0 Å². The van der Waals surface area contributed by atoms with Gasteiger partial charge in [-0.05, 0) is 6.07 Å². The molecule has 0 radical (unpaired) electrons. The van der Waals surface area contributed by atoms with Crippen molar-refractivity contribution in [3.05, 3.63) is 30.0 Å². The van der Waals surface area contributed by atoms with Gasteiger partial charge in [0.15, 0.2) is 5.78 Å². The lowest BCUT2D eigenvalue weighted by Crippen LogP contribution is -2.31. The minimum Gasteiger partial charge on any atom is -0.381 e. The molecule has 1 aliphatic rings. The van der Waals surface area contributed by atoms with Gasteiger partial charge in [-0.1, -0.05) is 18.2 Å². The van der Waals surface area contributed by atoms with Gasteiger partial charge in [0.2, 0.25) is 0 Å². The monoisotopic (exact) mass is 230 g/mol. The first-order valence-electron chi connectivity index (χ1n) is 5.80. The standard InChI is InChI=1S/C13H14N2O2/c1-9(16)13-11-4-2-3-5-12(11)15(14-13)6-10-7-17-8-10/h2-5,10H,6-8H2,1H3. The van der Waals surface area contributed by atoms with Crippen LogP contribution in [0.3, 0.4) is 0 Å². The van der Waals surface area contributed by atoms with Crippen LogP contribution in [0.4, 0.5) is 0 Å². The molecule has 1 saturated heterocycles. The Hall–Kier alpha value is -1.68. The highest BCUT2D eigenvalue weighted by Gasteiger charge is 2.21. The van der Waals surface area contributed by atoms with Crippen molar-refractivity contribution in [2.75, 3.05) is 13.2 Å². The zero-order valence-corrected chi connectivity index (χ0v) is 9.72. The molecule has 1 aliphatic heterocycles. The molecule has 1 aromatic heterocycles. The van der Waals surface area contributed by atoms with E-state index in [1.165, 1.54) is 0 Å². The summed E-state index contributed by atoms with van der Waals surface area (Å²) in [5.74, 6) is 0.544. The third kappa shape index (κ3) is 1.74. The van der Waals surface area contributed by atoms with Gasteiger partial charge in [0, 0.05) is 24.8 Å². The number of ketones is 1. The molecule has 4 nitrogen and oxygen atoms in total. The average Bonchev–Trinajstić information content (AvgIpc) is 2.63. The number of hydrogen-bond donors (Lipinski definition) is 0. The van der Waals surface area contributed by atoms with E-state index in [-0.39, 0.29) is 5.78 Å². The van der Waals surface area contributed by atoms with Gasteiger partial charge in [0.1, 0.15) is 5.69 Å². The van der Waals surface area contributed by atoms with Crippen LogP contribution in [0, 0.1) is 5.92 Å². The van der Waals surface area contributed by atoms with Crippen LogP contribution in [0.5, 0.6) is 0 Å². The quantitative estimate of drug-likeness (QED) is 0.756. The minimum atomic E-state index is 0.0183. The van der Waals surface area contributed by atoms with E-state index in [0.29, 0.717) is 11.6 Å². The molecule has 0 amide bonds. The van der Waals surface area contributed by atoms with Crippen LogP contribution < -0.4 is 0 Å². The van der Waals surface area contributed by atoms with Crippen molar-refractivity contribution in [3.8, 4) is 0 Å². The first-order chi connectivity index (χ1) is 8.25. The molecular weight excluding hydrogens is 216 g/mol. The number of carbonyl (C=O) groups is 1. The summed E-state index contributed by atoms with van der Waals surface area (Å²) in [6.45, 7) is 3.98. The van der Waals surface area contributed by atoms with E-state index >= 15 is 0 Å². The Kier molecular flexibility index (Phi) is 2.44. The second-order valence-corrected chi connectivity index (χ2v) is 4.51. The third-order valence-electron chi connectivity index (χ3n) is 3.13. The summed E-state index contributed by atoms with van der Waals surface area (Å²) in [4.78, 5) is 11.5. The number of Topliss-reactive ketones (excluding diaryl/α,β-unsaturated/α-hetero) is 1. The lowest BCUT2D eigenvalue weighted by Gasteiger charge is -2.25. The van der Waals surface area contributed by atoms with Crippen molar-refractivity contribution in [1.82, 2.24) is 9.78 Å². The molecule has 0 N–H and O–H groups in total. The van der Waals surface area contributed by atoms with Crippen molar-refractivity contribution in [1.29, 1.82) is 0 Å². The number of nitrogens with zero attached hydrogens (tertiary/aromatic N) is 2. The summed E-state index contributed by atoms with van der Waals surface area (Å²) in [6, 6.07) is 7.87. The number of hydrogen-bond acceptors (Lipinski definition) is 3. The summed E-state index contributed by atoms with van der Waals surface area (Å²) >= 11 is 0. The van der Waals surface area contributed by atoms with Crippen LogP contribution in [-0.4, -0.2) is 28.8 Å². The largest absolute Gasteiger partial charge is 0.381 e. The normalized spacial score (nSPS) is 16.1. The van der Waals surface area contributed by atoms with E-state index in [4.69, 9.17) is 4.74 Å². The van der Waals surface area contributed by atoms with Gasteiger partial charge >= 0.3 is 0 Å². The van der Waals surface area contributed by atoms with Crippen molar-refractivity contribution in [2.45, 2.75) is 13.5 Å². The molecule has 17 heavy (non-hydrogen) atoms. The Labute approximate surface area is 99.2 Å². The number of carbonyl (C=O) groups excluding carboxylic acids is 1. The average molecular weight is 230 g/mol. The van der Waals surface area contributed by atoms with Crippen molar-refractivity contribution >= 4 is 16.7 Å². The van der Waals surface area contributed by atoms with Crippen molar-refractivity contribution in [2.24, 2.45) is 5.92 Å². The Bertz CT molecular complexity index is 570. The summed E-state index contributed by atoms with van der Waals surface area (Å²) in [7, 11) is 0. The van der Waals surface area contributed by atoms with E-state index in [1.54, 1.807) is 6.92 Å². The molecule has 0 unspecified atom stereocenters. The Morgan fingerprint density at radius 3 is 2.88 bits per heavy atom. The van der Waals surface area contributed by atoms with Crippen molar-refractivity contribution in [3.63, 3.8) is 0 Å². The SMILES string of the molecule is CC(=O)c1nn(CC2COC2)c2ccccc12. The van der Waals surface area contributed by atoms with E-state index in [9.17, 15) is 4.79 Å². The van der Waals surface area contributed by atoms with Gasteiger partial charge in [-0.15, -0.1) is 0 Å². The van der Waals surface area contributed by atoms with E-state index in [1.807, 2.05) is 28.9 Å². The Balaban J connectivity index is 2.07. The smallest absolute Gasteiger partial charge is 0.180 e.